The van der Waals surface area contributed by atoms with Crippen LogP contribution in [0, 0.1) is 0 Å². The zero-order valence-electron chi connectivity index (χ0n) is 16.5. The molecule has 0 bridgehead atoms. The Labute approximate surface area is 171 Å². The van der Waals surface area contributed by atoms with Gasteiger partial charge in [-0.15, -0.1) is 0 Å². The molecular formula is C25H24N2O2. The fourth-order valence-electron chi connectivity index (χ4n) is 3.33. The summed E-state index contributed by atoms with van der Waals surface area (Å²) in [6.07, 6.45) is 5.05. The molecule has 0 aliphatic heterocycles. The second-order valence-corrected chi connectivity index (χ2v) is 6.71. The van der Waals surface area contributed by atoms with Crippen molar-refractivity contribution < 1.29 is 9.47 Å². The number of ether oxygens (including phenoxy) is 2. The Hall–Kier alpha value is -3.53. The van der Waals surface area contributed by atoms with Crippen LogP contribution in [0.25, 0.3) is 23.2 Å². The summed E-state index contributed by atoms with van der Waals surface area (Å²) >= 11 is 0. The number of hydrogen-bond donors (Lipinski definition) is 0. The van der Waals surface area contributed by atoms with Gasteiger partial charge in [-0.3, -0.25) is 0 Å². The van der Waals surface area contributed by atoms with Gasteiger partial charge in [-0.1, -0.05) is 60.7 Å². The number of aryl methyl sites for hydroxylation is 1. The first kappa shape index (κ1) is 18.8. The summed E-state index contributed by atoms with van der Waals surface area (Å²) in [6.45, 7) is 1.43. The molecule has 146 valence electrons. The number of rotatable bonds is 8. The maximum atomic E-state index is 5.93. The van der Waals surface area contributed by atoms with E-state index in [9.17, 15) is 0 Å². The van der Waals surface area contributed by atoms with Gasteiger partial charge in [0.15, 0.2) is 11.5 Å². The Kier molecular flexibility index (Phi) is 5.91. The fourth-order valence-corrected chi connectivity index (χ4v) is 3.33. The summed E-state index contributed by atoms with van der Waals surface area (Å²) in [6, 6.07) is 26.2. The SMILES string of the molecule is COc1ccccc1OCCCn1c(/C=C/c2ccccc2)nc2ccccc21. The summed E-state index contributed by atoms with van der Waals surface area (Å²) in [5.41, 5.74) is 3.30. The lowest BCUT2D eigenvalue weighted by molar-refractivity contribution is 0.283. The van der Waals surface area contributed by atoms with E-state index < -0.39 is 0 Å². The van der Waals surface area contributed by atoms with Crippen LogP contribution in [0.15, 0.2) is 78.9 Å². The van der Waals surface area contributed by atoms with Crippen molar-refractivity contribution in [1.29, 1.82) is 0 Å². The molecule has 0 aliphatic rings. The number of aromatic nitrogens is 2. The molecule has 0 spiro atoms. The van der Waals surface area contributed by atoms with Crippen LogP contribution in [0.2, 0.25) is 0 Å². The molecule has 0 aliphatic carbocycles. The van der Waals surface area contributed by atoms with Crippen molar-refractivity contribution in [2.75, 3.05) is 13.7 Å². The van der Waals surface area contributed by atoms with Gasteiger partial charge in [0.2, 0.25) is 0 Å². The molecule has 4 rings (SSSR count). The zero-order chi connectivity index (χ0) is 19.9. The van der Waals surface area contributed by atoms with Gasteiger partial charge < -0.3 is 14.0 Å². The summed E-state index contributed by atoms with van der Waals surface area (Å²) in [4.78, 5) is 4.81. The van der Waals surface area contributed by atoms with Gasteiger partial charge in [0, 0.05) is 6.54 Å². The summed E-state index contributed by atoms with van der Waals surface area (Å²) < 4.78 is 13.5. The lowest BCUT2D eigenvalue weighted by Crippen LogP contribution is -2.06. The fraction of sp³-hybridized carbons (Fsp3) is 0.160. The first-order chi connectivity index (χ1) is 14.3. The van der Waals surface area contributed by atoms with Gasteiger partial charge in [-0.05, 0) is 42.3 Å². The number of nitrogens with zero attached hydrogens (tertiary/aromatic N) is 2. The van der Waals surface area contributed by atoms with Crippen molar-refractivity contribution >= 4 is 23.2 Å². The summed E-state index contributed by atoms with van der Waals surface area (Å²) in [7, 11) is 1.66. The maximum absolute atomic E-state index is 5.93. The zero-order valence-corrected chi connectivity index (χ0v) is 16.5. The van der Waals surface area contributed by atoms with Crippen molar-refractivity contribution in [3.05, 3.63) is 90.3 Å². The van der Waals surface area contributed by atoms with Crippen molar-refractivity contribution in [2.45, 2.75) is 13.0 Å². The molecule has 3 aromatic carbocycles. The molecule has 4 heteroatoms. The highest BCUT2D eigenvalue weighted by Gasteiger charge is 2.08. The predicted molar refractivity (Wildman–Crippen MR) is 118 cm³/mol. The Morgan fingerprint density at radius 1 is 0.828 bits per heavy atom. The predicted octanol–water partition coefficient (Wildman–Crippen LogP) is 5.68. The van der Waals surface area contributed by atoms with Crippen LogP contribution >= 0.6 is 0 Å². The minimum absolute atomic E-state index is 0.606. The average Bonchev–Trinajstić information content (AvgIpc) is 3.14. The second kappa shape index (κ2) is 9.11. The van der Waals surface area contributed by atoms with Crippen LogP contribution in [0.4, 0.5) is 0 Å². The minimum Gasteiger partial charge on any atom is -0.493 e. The number of methoxy groups -OCH3 is 1. The van der Waals surface area contributed by atoms with Crippen molar-refractivity contribution in [2.24, 2.45) is 0 Å². The first-order valence-corrected chi connectivity index (χ1v) is 9.79. The van der Waals surface area contributed by atoms with E-state index in [0.717, 1.165) is 46.9 Å². The first-order valence-electron chi connectivity index (χ1n) is 9.79. The molecule has 0 radical (unpaired) electrons. The van der Waals surface area contributed by atoms with Gasteiger partial charge in [0.25, 0.3) is 0 Å². The van der Waals surface area contributed by atoms with E-state index in [1.807, 2.05) is 48.5 Å². The van der Waals surface area contributed by atoms with Crippen molar-refractivity contribution in [3.63, 3.8) is 0 Å². The molecule has 0 saturated heterocycles. The number of hydrogen-bond acceptors (Lipinski definition) is 3. The van der Waals surface area contributed by atoms with Crippen LogP contribution < -0.4 is 9.47 Å². The lowest BCUT2D eigenvalue weighted by Gasteiger charge is -2.11. The quantitative estimate of drug-likeness (QED) is 0.367. The topological polar surface area (TPSA) is 36.3 Å². The monoisotopic (exact) mass is 384 g/mol. The molecule has 29 heavy (non-hydrogen) atoms. The van der Waals surface area contributed by atoms with Crippen LogP contribution in [-0.2, 0) is 6.54 Å². The molecule has 0 N–H and O–H groups in total. The smallest absolute Gasteiger partial charge is 0.161 e. The van der Waals surface area contributed by atoms with E-state index in [0.29, 0.717) is 6.61 Å². The minimum atomic E-state index is 0.606. The third kappa shape index (κ3) is 4.49. The van der Waals surface area contributed by atoms with Crippen LogP contribution in [-0.4, -0.2) is 23.3 Å². The Morgan fingerprint density at radius 3 is 2.38 bits per heavy atom. The third-order valence-electron chi connectivity index (χ3n) is 4.76. The molecule has 0 fully saturated rings. The molecule has 0 amide bonds. The molecule has 0 unspecified atom stereocenters. The summed E-state index contributed by atoms with van der Waals surface area (Å²) in [5.74, 6) is 2.48. The Morgan fingerprint density at radius 2 is 1.55 bits per heavy atom. The Bertz CT molecular complexity index is 1100. The number of para-hydroxylation sites is 4. The average molecular weight is 384 g/mol. The third-order valence-corrected chi connectivity index (χ3v) is 4.76. The van der Waals surface area contributed by atoms with E-state index in [-0.39, 0.29) is 0 Å². The Balaban J connectivity index is 1.49. The van der Waals surface area contributed by atoms with Gasteiger partial charge in [0.05, 0.1) is 24.8 Å². The van der Waals surface area contributed by atoms with E-state index in [2.05, 4.69) is 47.1 Å². The second-order valence-electron chi connectivity index (χ2n) is 6.71. The van der Waals surface area contributed by atoms with E-state index in [4.69, 9.17) is 14.5 Å². The van der Waals surface area contributed by atoms with Gasteiger partial charge in [-0.2, -0.15) is 0 Å². The van der Waals surface area contributed by atoms with Crippen molar-refractivity contribution in [1.82, 2.24) is 9.55 Å². The summed E-state index contributed by atoms with van der Waals surface area (Å²) in [5, 5.41) is 0. The van der Waals surface area contributed by atoms with Gasteiger partial charge >= 0.3 is 0 Å². The van der Waals surface area contributed by atoms with E-state index >= 15 is 0 Å². The van der Waals surface area contributed by atoms with Crippen LogP contribution in [0.1, 0.15) is 17.8 Å². The maximum Gasteiger partial charge on any atom is 0.161 e. The molecule has 4 nitrogen and oxygen atoms in total. The van der Waals surface area contributed by atoms with Crippen LogP contribution in [0.3, 0.4) is 0 Å². The lowest BCUT2D eigenvalue weighted by atomic mass is 10.2. The highest BCUT2D eigenvalue weighted by Crippen LogP contribution is 2.26. The largest absolute Gasteiger partial charge is 0.493 e. The molecule has 1 heterocycles. The standard InChI is InChI=1S/C25H24N2O2/c1-28-23-14-7-8-15-24(23)29-19-9-18-27-22-13-6-5-12-21(22)26-25(27)17-16-20-10-3-2-4-11-20/h2-8,10-17H,9,18-19H2,1H3/b17-16+. The number of benzene rings is 3. The van der Waals surface area contributed by atoms with Crippen molar-refractivity contribution in [3.8, 4) is 11.5 Å². The molecule has 0 saturated carbocycles. The number of imidazole rings is 1. The normalized spacial score (nSPS) is 11.2. The molecular weight excluding hydrogens is 360 g/mol. The number of fused-ring (bicyclic) bond motifs is 1. The highest BCUT2D eigenvalue weighted by atomic mass is 16.5. The van der Waals surface area contributed by atoms with E-state index in [1.54, 1.807) is 7.11 Å². The van der Waals surface area contributed by atoms with Gasteiger partial charge in [0.1, 0.15) is 5.82 Å². The molecule has 1 aromatic heterocycles. The highest BCUT2D eigenvalue weighted by molar-refractivity contribution is 5.79. The van der Waals surface area contributed by atoms with Gasteiger partial charge in [-0.25, -0.2) is 4.98 Å². The molecule has 4 aromatic rings. The molecule has 0 atom stereocenters. The van der Waals surface area contributed by atoms with Crippen LogP contribution in [0.5, 0.6) is 11.5 Å². The van der Waals surface area contributed by atoms with E-state index in [1.165, 1.54) is 0 Å².